The van der Waals surface area contributed by atoms with Crippen LogP contribution in [0.3, 0.4) is 0 Å². The van der Waals surface area contributed by atoms with Crippen LogP contribution in [0.1, 0.15) is 15.9 Å². The Bertz CT molecular complexity index is 1160. The molecule has 2 amide bonds. The molecule has 0 aliphatic heterocycles. The molecule has 1 heterocycles. The number of carbonyl (C=O) groups excluding carboxylic acids is 2. The minimum atomic E-state index is -1.31. The Morgan fingerprint density at radius 3 is 2.41 bits per heavy atom. The summed E-state index contributed by atoms with van der Waals surface area (Å²) in [5.74, 6) is -3.11. The minimum absolute atomic E-state index is 0.132. The molecule has 0 saturated heterocycles. The smallest absolute Gasteiger partial charge is 0.253 e. The molecule has 32 heavy (non-hydrogen) atoms. The second-order valence-corrected chi connectivity index (χ2v) is 7.13. The third-order valence-corrected chi connectivity index (χ3v) is 4.94. The number of nitriles is 1. The number of nitrogens with zero attached hydrogens (tertiary/aromatic N) is 2. The van der Waals surface area contributed by atoms with Crippen molar-refractivity contribution in [3.63, 3.8) is 0 Å². The summed E-state index contributed by atoms with van der Waals surface area (Å²) in [6.07, 6.45) is 0.870. The van der Waals surface area contributed by atoms with Gasteiger partial charge in [0, 0.05) is 28.8 Å². The Labute approximate surface area is 187 Å². The molecule has 0 fully saturated rings. The molecule has 6 nitrogen and oxygen atoms in total. The minimum Gasteiger partial charge on any atom is -0.341 e. The highest BCUT2D eigenvalue weighted by Crippen LogP contribution is 2.25. The van der Waals surface area contributed by atoms with Crippen LogP contribution in [-0.4, -0.2) is 29.4 Å². The number of pyridine rings is 1. The number of hydrogen-bond donors (Lipinski definition) is 2. The molecule has 2 aromatic carbocycles. The Morgan fingerprint density at radius 2 is 1.78 bits per heavy atom. The first-order valence-electron chi connectivity index (χ1n) is 9.50. The summed E-state index contributed by atoms with van der Waals surface area (Å²) in [6, 6.07) is 13.9. The second-order valence-electron chi connectivity index (χ2n) is 6.72. The van der Waals surface area contributed by atoms with Crippen molar-refractivity contribution in [2.75, 3.05) is 6.54 Å². The van der Waals surface area contributed by atoms with E-state index in [0.29, 0.717) is 16.3 Å². The first kappa shape index (κ1) is 22.8. The summed E-state index contributed by atoms with van der Waals surface area (Å²) < 4.78 is 28.1. The normalized spacial score (nSPS) is 11.3. The van der Waals surface area contributed by atoms with E-state index in [1.54, 1.807) is 36.4 Å². The van der Waals surface area contributed by atoms with Crippen LogP contribution in [0.4, 0.5) is 8.78 Å². The average molecular weight is 455 g/mol. The quantitative estimate of drug-likeness (QED) is 0.533. The van der Waals surface area contributed by atoms with Crippen molar-refractivity contribution in [2.45, 2.75) is 12.5 Å². The van der Waals surface area contributed by atoms with Crippen molar-refractivity contribution in [3.8, 4) is 17.3 Å². The lowest BCUT2D eigenvalue weighted by Gasteiger charge is -2.18. The molecule has 0 aliphatic rings. The fourth-order valence-corrected chi connectivity index (χ4v) is 3.22. The average Bonchev–Trinajstić information content (AvgIpc) is 2.79. The van der Waals surface area contributed by atoms with E-state index in [9.17, 15) is 18.4 Å². The molecule has 0 spiro atoms. The Hall–Kier alpha value is -3.83. The zero-order valence-corrected chi connectivity index (χ0v) is 17.4. The van der Waals surface area contributed by atoms with Gasteiger partial charge in [-0.25, -0.2) is 8.78 Å². The van der Waals surface area contributed by atoms with Gasteiger partial charge < -0.3 is 10.6 Å². The summed E-state index contributed by atoms with van der Waals surface area (Å²) in [5, 5.41) is 13.9. The summed E-state index contributed by atoms with van der Waals surface area (Å²) >= 11 is 6.16. The van der Waals surface area contributed by atoms with Gasteiger partial charge >= 0.3 is 0 Å². The number of hydrogen-bond acceptors (Lipinski definition) is 4. The van der Waals surface area contributed by atoms with Gasteiger partial charge in [-0.1, -0.05) is 35.9 Å². The van der Waals surface area contributed by atoms with Crippen LogP contribution >= 0.6 is 11.6 Å². The monoisotopic (exact) mass is 454 g/mol. The summed E-state index contributed by atoms with van der Waals surface area (Å²) in [5.41, 5.74) is 1.01. The van der Waals surface area contributed by atoms with Gasteiger partial charge in [-0.05, 0) is 30.3 Å². The lowest BCUT2D eigenvalue weighted by Crippen LogP contribution is -2.48. The number of amides is 2. The SMILES string of the molecule is N#CCNC(=O)C(Cc1c(F)cccc1F)NC(=O)c1ccc(-c2ccccc2Cl)nc1. The number of carbonyl (C=O) groups is 2. The van der Waals surface area contributed by atoms with Gasteiger partial charge in [0.05, 0.1) is 17.3 Å². The molecular formula is C23H17ClF2N4O2. The lowest BCUT2D eigenvalue weighted by atomic mass is 10.0. The van der Waals surface area contributed by atoms with Crippen molar-refractivity contribution in [3.05, 3.63) is 88.6 Å². The highest BCUT2D eigenvalue weighted by molar-refractivity contribution is 6.33. The molecule has 1 unspecified atom stereocenters. The standard InChI is InChI=1S/C23H17ClF2N4O2/c24-17-5-2-1-4-15(17)20-9-8-14(13-29-20)22(31)30-21(23(32)28-11-10-27)12-16-18(25)6-3-7-19(16)26/h1-9,13,21H,11-12H2,(H,28,32)(H,30,31). The molecule has 0 aliphatic carbocycles. The maximum Gasteiger partial charge on any atom is 0.253 e. The molecule has 0 saturated carbocycles. The van der Waals surface area contributed by atoms with E-state index in [-0.39, 0.29) is 17.7 Å². The molecule has 2 N–H and O–H groups in total. The van der Waals surface area contributed by atoms with Crippen molar-refractivity contribution < 1.29 is 18.4 Å². The summed E-state index contributed by atoms with van der Waals surface area (Å²) in [6.45, 7) is -0.320. The number of rotatable bonds is 7. The van der Waals surface area contributed by atoms with Gasteiger partial charge in [0.1, 0.15) is 24.2 Å². The van der Waals surface area contributed by atoms with E-state index in [2.05, 4.69) is 15.6 Å². The van der Waals surface area contributed by atoms with E-state index in [0.717, 1.165) is 12.1 Å². The van der Waals surface area contributed by atoms with Crippen LogP contribution in [0.25, 0.3) is 11.3 Å². The Kier molecular flexibility index (Phi) is 7.47. The first-order valence-corrected chi connectivity index (χ1v) is 9.88. The number of halogens is 3. The molecule has 162 valence electrons. The largest absolute Gasteiger partial charge is 0.341 e. The van der Waals surface area contributed by atoms with Gasteiger partial charge in [0.25, 0.3) is 5.91 Å². The van der Waals surface area contributed by atoms with Gasteiger partial charge in [-0.3, -0.25) is 14.6 Å². The molecule has 9 heteroatoms. The van der Waals surface area contributed by atoms with Crippen LogP contribution in [0, 0.1) is 23.0 Å². The fraction of sp³-hybridized carbons (Fsp3) is 0.130. The molecular weight excluding hydrogens is 438 g/mol. The summed E-state index contributed by atoms with van der Waals surface area (Å²) in [7, 11) is 0. The predicted octanol–water partition coefficient (Wildman–Crippen LogP) is 3.66. The summed E-state index contributed by atoms with van der Waals surface area (Å²) in [4.78, 5) is 29.4. The molecule has 1 aromatic heterocycles. The number of nitrogens with one attached hydrogen (secondary N) is 2. The Balaban J connectivity index is 1.81. The van der Waals surface area contributed by atoms with Gasteiger partial charge in [-0.2, -0.15) is 5.26 Å². The van der Waals surface area contributed by atoms with Gasteiger partial charge in [0.2, 0.25) is 5.91 Å². The zero-order valence-electron chi connectivity index (χ0n) is 16.6. The van der Waals surface area contributed by atoms with E-state index < -0.39 is 35.9 Å². The molecule has 0 radical (unpaired) electrons. The topological polar surface area (TPSA) is 94.9 Å². The number of aromatic nitrogens is 1. The second kappa shape index (κ2) is 10.5. The highest BCUT2D eigenvalue weighted by Gasteiger charge is 2.25. The van der Waals surface area contributed by atoms with Crippen LogP contribution in [0.5, 0.6) is 0 Å². The van der Waals surface area contributed by atoms with E-state index in [1.807, 2.05) is 0 Å². The van der Waals surface area contributed by atoms with E-state index in [1.165, 1.54) is 18.3 Å². The van der Waals surface area contributed by atoms with Gasteiger partial charge in [-0.15, -0.1) is 0 Å². The molecule has 0 bridgehead atoms. The van der Waals surface area contributed by atoms with Gasteiger partial charge in [0.15, 0.2) is 0 Å². The van der Waals surface area contributed by atoms with E-state index in [4.69, 9.17) is 16.9 Å². The molecule has 3 rings (SSSR count). The van der Waals surface area contributed by atoms with Crippen LogP contribution < -0.4 is 10.6 Å². The van der Waals surface area contributed by atoms with E-state index >= 15 is 0 Å². The predicted molar refractivity (Wildman–Crippen MR) is 115 cm³/mol. The highest BCUT2D eigenvalue weighted by atomic mass is 35.5. The van der Waals surface area contributed by atoms with Crippen LogP contribution in [0.2, 0.25) is 5.02 Å². The lowest BCUT2D eigenvalue weighted by molar-refractivity contribution is -0.122. The van der Waals surface area contributed by atoms with Crippen molar-refractivity contribution in [2.24, 2.45) is 0 Å². The third kappa shape index (κ3) is 5.45. The van der Waals surface area contributed by atoms with Crippen LogP contribution in [0.15, 0.2) is 60.8 Å². The maximum absolute atomic E-state index is 14.1. The first-order chi connectivity index (χ1) is 15.4. The maximum atomic E-state index is 14.1. The fourth-order valence-electron chi connectivity index (χ4n) is 2.99. The van der Waals surface area contributed by atoms with Crippen LogP contribution in [-0.2, 0) is 11.2 Å². The Morgan fingerprint density at radius 1 is 1.06 bits per heavy atom. The zero-order chi connectivity index (χ0) is 23.1. The van der Waals surface area contributed by atoms with Crippen molar-refractivity contribution >= 4 is 23.4 Å². The molecule has 1 atom stereocenters. The number of benzene rings is 2. The third-order valence-electron chi connectivity index (χ3n) is 4.61. The molecule has 3 aromatic rings. The van der Waals surface area contributed by atoms with Crippen molar-refractivity contribution in [1.82, 2.24) is 15.6 Å². The van der Waals surface area contributed by atoms with Crippen molar-refractivity contribution in [1.29, 1.82) is 5.26 Å².